The zero-order chi connectivity index (χ0) is 25.4. The number of imidazole rings is 1. The zero-order valence-corrected chi connectivity index (χ0v) is 21.1. The molecule has 4 aromatic rings. The Morgan fingerprint density at radius 3 is 2.76 bits per heavy atom. The summed E-state index contributed by atoms with van der Waals surface area (Å²) < 4.78 is 2.20. The van der Waals surface area contributed by atoms with Crippen LogP contribution in [0.15, 0.2) is 48.9 Å². The van der Waals surface area contributed by atoms with Crippen molar-refractivity contribution < 1.29 is 9.63 Å². The molecule has 4 aromatic heterocycles. The molecular formula is C26H27ClN8O2. The maximum absolute atomic E-state index is 11.7. The molecule has 2 aliphatic rings. The van der Waals surface area contributed by atoms with Crippen molar-refractivity contribution in [1.29, 1.82) is 0 Å². The lowest BCUT2D eigenvalue weighted by molar-refractivity contribution is 0.121. The van der Waals surface area contributed by atoms with Gasteiger partial charge in [-0.15, -0.1) is 5.48 Å². The molecule has 0 aromatic carbocycles. The van der Waals surface area contributed by atoms with E-state index in [1.165, 1.54) is 25.7 Å². The Morgan fingerprint density at radius 1 is 1.16 bits per heavy atom. The average Bonchev–Trinajstić information content (AvgIpc) is 3.49. The van der Waals surface area contributed by atoms with Gasteiger partial charge in [0.25, 0.3) is 0 Å². The van der Waals surface area contributed by atoms with Gasteiger partial charge in [0.2, 0.25) is 5.95 Å². The maximum atomic E-state index is 11.7. The summed E-state index contributed by atoms with van der Waals surface area (Å²) in [5, 5.41) is 6.63. The fourth-order valence-corrected chi connectivity index (χ4v) is 5.26. The Labute approximate surface area is 218 Å². The van der Waals surface area contributed by atoms with Gasteiger partial charge >= 0.3 is 6.09 Å². The Bertz CT molecular complexity index is 1440. The van der Waals surface area contributed by atoms with Crippen LogP contribution in [0.1, 0.15) is 44.5 Å². The highest BCUT2D eigenvalue weighted by atomic mass is 35.5. The first-order valence-electron chi connectivity index (χ1n) is 12.5. The highest BCUT2D eigenvalue weighted by Gasteiger charge is 2.29. The SMILES string of the molecule is CC1CCC(Cn2c(Nc3ccccn3)nc3cc(C4NOC(=O)N4)nc(-c4cncc(Cl)c4)c32)CC1. The molecule has 0 spiro atoms. The van der Waals surface area contributed by atoms with Gasteiger partial charge in [0.05, 0.1) is 27.4 Å². The second kappa shape index (κ2) is 9.95. The highest BCUT2D eigenvalue weighted by Crippen LogP contribution is 2.36. The first kappa shape index (κ1) is 23.6. The molecule has 10 nitrogen and oxygen atoms in total. The van der Waals surface area contributed by atoms with E-state index >= 15 is 0 Å². The molecule has 0 radical (unpaired) electrons. The summed E-state index contributed by atoms with van der Waals surface area (Å²) in [5.41, 5.74) is 6.28. The molecule has 1 saturated heterocycles. The summed E-state index contributed by atoms with van der Waals surface area (Å²) >= 11 is 6.33. The molecule has 1 aliphatic heterocycles. The van der Waals surface area contributed by atoms with E-state index in [2.05, 4.69) is 37.6 Å². The topological polar surface area (TPSA) is 119 Å². The minimum Gasteiger partial charge on any atom is -0.351 e. The molecule has 190 valence electrons. The molecular weight excluding hydrogens is 492 g/mol. The van der Waals surface area contributed by atoms with Crippen molar-refractivity contribution in [2.45, 2.75) is 45.3 Å². The van der Waals surface area contributed by atoms with Gasteiger partial charge in [0.1, 0.15) is 5.82 Å². The monoisotopic (exact) mass is 518 g/mol. The van der Waals surface area contributed by atoms with E-state index in [4.69, 9.17) is 26.4 Å². The quantitative estimate of drug-likeness (QED) is 0.312. The number of fused-ring (bicyclic) bond motifs is 1. The third kappa shape index (κ3) is 4.94. The Hall–Kier alpha value is -3.76. The fraction of sp³-hybridized carbons (Fsp3) is 0.346. The molecule has 2 fully saturated rings. The van der Waals surface area contributed by atoms with E-state index < -0.39 is 12.3 Å². The normalized spacial score (nSPS) is 21.6. The number of aromatic nitrogens is 5. The Morgan fingerprint density at radius 2 is 2.03 bits per heavy atom. The van der Waals surface area contributed by atoms with Crippen LogP contribution in [0.5, 0.6) is 0 Å². The number of carbonyl (C=O) groups excluding carboxylic acids is 1. The minimum atomic E-state index is -0.611. The number of amides is 1. The van der Waals surface area contributed by atoms with Gasteiger partial charge < -0.3 is 14.7 Å². The van der Waals surface area contributed by atoms with Crippen LogP contribution in [-0.2, 0) is 11.4 Å². The van der Waals surface area contributed by atoms with Gasteiger partial charge in [-0.1, -0.05) is 37.4 Å². The number of halogens is 1. The summed E-state index contributed by atoms with van der Waals surface area (Å²) in [6.07, 6.45) is 8.68. The van der Waals surface area contributed by atoms with Gasteiger partial charge in [-0.2, -0.15) is 0 Å². The van der Waals surface area contributed by atoms with E-state index in [1.54, 1.807) is 18.6 Å². The van der Waals surface area contributed by atoms with E-state index in [0.29, 0.717) is 34.1 Å². The highest BCUT2D eigenvalue weighted by molar-refractivity contribution is 6.30. The molecule has 1 amide bonds. The number of carbonyl (C=O) groups is 1. The van der Waals surface area contributed by atoms with Gasteiger partial charge in [-0.3, -0.25) is 10.3 Å². The summed E-state index contributed by atoms with van der Waals surface area (Å²) in [4.78, 5) is 35.3. The van der Waals surface area contributed by atoms with Crippen molar-refractivity contribution in [2.75, 3.05) is 5.32 Å². The number of hydroxylamine groups is 1. The molecule has 0 bridgehead atoms. The lowest BCUT2D eigenvalue weighted by Crippen LogP contribution is -2.23. The number of pyridine rings is 3. The van der Waals surface area contributed by atoms with Crippen LogP contribution in [0.25, 0.3) is 22.3 Å². The molecule has 1 aliphatic carbocycles. The van der Waals surface area contributed by atoms with Crippen molar-refractivity contribution in [3.8, 4) is 11.3 Å². The second-order valence-electron chi connectivity index (χ2n) is 9.75. The molecule has 3 N–H and O–H groups in total. The molecule has 1 unspecified atom stereocenters. The summed E-state index contributed by atoms with van der Waals surface area (Å²) in [5.74, 6) is 2.67. The standard InChI is InChI=1S/C26H27ClN8O2/c1-15-5-7-16(8-6-15)14-35-23-19(31-25(35)32-21-4-2-3-9-29-21)11-20(24-33-26(36)37-34-24)30-22(23)17-10-18(27)13-28-12-17/h2-4,9-13,15-16,24,34H,5-8,14H2,1H3,(H,33,36)(H,29,31,32). The number of hydrogen-bond acceptors (Lipinski definition) is 8. The summed E-state index contributed by atoms with van der Waals surface area (Å²) in [6.45, 7) is 3.12. The fourth-order valence-electron chi connectivity index (χ4n) is 5.08. The van der Waals surface area contributed by atoms with Crippen LogP contribution in [0, 0.1) is 11.8 Å². The van der Waals surface area contributed by atoms with Gasteiger partial charge in [-0.25, -0.2) is 19.7 Å². The molecule has 6 rings (SSSR count). The smallest absolute Gasteiger partial charge is 0.351 e. The van der Waals surface area contributed by atoms with Crippen LogP contribution in [-0.4, -0.2) is 30.6 Å². The number of nitrogens with one attached hydrogen (secondary N) is 3. The number of hydrogen-bond donors (Lipinski definition) is 3. The van der Waals surface area contributed by atoms with Crippen molar-refractivity contribution in [3.05, 3.63) is 59.6 Å². The first-order chi connectivity index (χ1) is 18.0. The van der Waals surface area contributed by atoms with Crippen LogP contribution in [0.2, 0.25) is 5.02 Å². The largest absolute Gasteiger partial charge is 0.427 e. The number of nitrogens with zero attached hydrogens (tertiary/aromatic N) is 5. The third-order valence-corrected chi connectivity index (χ3v) is 7.24. The maximum Gasteiger partial charge on any atom is 0.427 e. The first-order valence-corrected chi connectivity index (χ1v) is 12.8. The van der Waals surface area contributed by atoms with Crippen molar-refractivity contribution in [1.82, 2.24) is 35.3 Å². The van der Waals surface area contributed by atoms with E-state index in [1.807, 2.05) is 30.3 Å². The van der Waals surface area contributed by atoms with Crippen LogP contribution in [0.4, 0.5) is 16.6 Å². The van der Waals surface area contributed by atoms with Crippen molar-refractivity contribution in [3.63, 3.8) is 0 Å². The average molecular weight is 519 g/mol. The van der Waals surface area contributed by atoms with E-state index in [-0.39, 0.29) is 0 Å². The van der Waals surface area contributed by atoms with Gasteiger partial charge in [0.15, 0.2) is 6.17 Å². The summed E-state index contributed by atoms with van der Waals surface area (Å²) in [7, 11) is 0. The number of anilines is 2. The lowest BCUT2D eigenvalue weighted by atomic mass is 9.83. The summed E-state index contributed by atoms with van der Waals surface area (Å²) in [6, 6.07) is 9.42. The predicted molar refractivity (Wildman–Crippen MR) is 140 cm³/mol. The van der Waals surface area contributed by atoms with Crippen LogP contribution >= 0.6 is 11.6 Å². The third-order valence-electron chi connectivity index (χ3n) is 7.03. The minimum absolute atomic E-state index is 0.507. The Kier molecular flexibility index (Phi) is 6.35. The van der Waals surface area contributed by atoms with Crippen molar-refractivity contribution in [2.24, 2.45) is 11.8 Å². The van der Waals surface area contributed by atoms with E-state index in [0.717, 1.165) is 29.1 Å². The Balaban J connectivity index is 1.52. The van der Waals surface area contributed by atoms with Crippen LogP contribution in [0.3, 0.4) is 0 Å². The van der Waals surface area contributed by atoms with Crippen LogP contribution < -0.4 is 16.1 Å². The van der Waals surface area contributed by atoms with E-state index in [9.17, 15) is 4.79 Å². The molecule has 11 heteroatoms. The zero-order valence-electron chi connectivity index (χ0n) is 20.3. The lowest BCUT2D eigenvalue weighted by Gasteiger charge is -2.27. The molecule has 37 heavy (non-hydrogen) atoms. The van der Waals surface area contributed by atoms with Gasteiger partial charge in [-0.05, 0) is 48.9 Å². The molecule has 1 saturated carbocycles. The molecule has 5 heterocycles. The second-order valence-corrected chi connectivity index (χ2v) is 10.2. The molecule has 1 atom stereocenters. The predicted octanol–water partition coefficient (Wildman–Crippen LogP) is 5.35. The number of rotatable bonds is 6. The van der Waals surface area contributed by atoms with Gasteiger partial charge in [0, 0.05) is 30.7 Å². The van der Waals surface area contributed by atoms with Crippen molar-refractivity contribution >= 4 is 40.5 Å².